The number of carbonyl (C=O) groups excluding carboxylic acids is 1. The van der Waals surface area contributed by atoms with Gasteiger partial charge < -0.3 is 10.5 Å². The number of rotatable bonds is 4. The number of amides is 1. The van der Waals surface area contributed by atoms with Crippen molar-refractivity contribution in [3.05, 3.63) is 64.7 Å². The Morgan fingerprint density at radius 1 is 1.19 bits per heavy atom. The Hall–Kier alpha value is -2.57. The fourth-order valence-electron chi connectivity index (χ4n) is 2.73. The third kappa shape index (κ3) is 3.38. The zero-order chi connectivity index (χ0) is 18.1. The molecule has 0 unspecified atom stereocenters. The molecule has 0 atom stereocenters. The average Bonchev–Trinajstić information content (AvgIpc) is 2.65. The van der Waals surface area contributed by atoms with Crippen LogP contribution >= 0.6 is 23.4 Å². The molecule has 0 bridgehead atoms. The number of primary amides is 1. The van der Waals surface area contributed by atoms with Crippen LogP contribution in [0.4, 0.5) is 0 Å². The van der Waals surface area contributed by atoms with Crippen LogP contribution in [0.1, 0.15) is 11.1 Å². The quantitative estimate of drug-likeness (QED) is 0.424. The predicted octanol–water partition coefficient (Wildman–Crippen LogP) is 4.07. The van der Waals surface area contributed by atoms with E-state index in [1.165, 1.54) is 11.8 Å². The Kier molecular flexibility index (Phi) is 4.53. The second-order valence-corrected chi connectivity index (χ2v) is 7.19. The molecule has 0 saturated heterocycles. The van der Waals surface area contributed by atoms with E-state index in [0.29, 0.717) is 28.2 Å². The average molecular weight is 384 g/mol. The number of fused-ring (bicyclic) bond motifs is 2. The Bertz CT molecular complexity index is 996. The summed E-state index contributed by atoms with van der Waals surface area (Å²) in [5.41, 5.74) is 7.99. The lowest BCUT2D eigenvalue weighted by Crippen LogP contribution is -2.14. The van der Waals surface area contributed by atoms with Crippen LogP contribution in [0.2, 0.25) is 5.02 Å². The zero-order valence-corrected chi connectivity index (χ0v) is 15.2. The van der Waals surface area contributed by atoms with Crippen LogP contribution in [0.3, 0.4) is 0 Å². The fraction of sp³-hybridized carbons (Fsp3) is 0.105. The fourth-order valence-corrected chi connectivity index (χ4v) is 3.69. The van der Waals surface area contributed by atoms with E-state index in [1.807, 2.05) is 42.5 Å². The number of carbonyl (C=O) groups is 1. The van der Waals surface area contributed by atoms with E-state index in [2.05, 4.69) is 9.97 Å². The third-order valence-corrected chi connectivity index (χ3v) is 5.19. The molecule has 26 heavy (non-hydrogen) atoms. The second kappa shape index (κ2) is 6.97. The monoisotopic (exact) mass is 383 g/mol. The van der Waals surface area contributed by atoms with Crippen LogP contribution in [-0.2, 0) is 11.2 Å². The topological polar surface area (TPSA) is 78.1 Å². The van der Waals surface area contributed by atoms with Gasteiger partial charge in [0, 0.05) is 22.6 Å². The molecule has 5 nitrogen and oxygen atoms in total. The highest BCUT2D eigenvalue weighted by molar-refractivity contribution is 7.99. The Morgan fingerprint density at radius 3 is 2.77 bits per heavy atom. The molecule has 0 saturated carbocycles. The van der Waals surface area contributed by atoms with Gasteiger partial charge in [0.1, 0.15) is 10.8 Å². The van der Waals surface area contributed by atoms with Gasteiger partial charge in [0.15, 0.2) is 5.82 Å². The standard InChI is InChI=1S/C19H14ClN3O2S/c20-13-6-7-15-12(8-13)9-14-18(25-15)22-17(11-4-2-1-3-5-11)23-19(14)26-10-16(21)24/h1-8H,9-10H2,(H2,21,24). The molecule has 1 amide bonds. The lowest BCUT2D eigenvalue weighted by molar-refractivity contribution is -0.115. The van der Waals surface area contributed by atoms with Gasteiger partial charge in [-0.15, -0.1) is 0 Å². The molecule has 1 aliphatic rings. The molecule has 0 aliphatic carbocycles. The van der Waals surface area contributed by atoms with Gasteiger partial charge in [-0.3, -0.25) is 4.79 Å². The minimum Gasteiger partial charge on any atom is -0.438 e. The number of nitrogens with two attached hydrogens (primary N) is 1. The Balaban J connectivity index is 1.80. The summed E-state index contributed by atoms with van der Waals surface area (Å²) in [4.78, 5) is 20.5. The van der Waals surface area contributed by atoms with Crippen molar-refractivity contribution < 1.29 is 9.53 Å². The van der Waals surface area contributed by atoms with Crippen molar-refractivity contribution >= 4 is 29.3 Å². The summed E-state index contributed by atoms with van der Waals surface area (Å²) in [6, 6.07) is 15.1. The first kappa shape index (κ1) is 16.9. The smallest absolute Gasteiger partial charge is 0.227 e. The van der Waals surface area contributed by atoms with E-state index in [-0.39, 0.29) is 5.75 Å². The van der Waals surface area contributed by atoms with Gasteiger partial charge in [-0.05, 0) is 18.2 Å². The van der Waals surface area contributed by atoms with Gasteiger partial charge >= 0.3 is 0 Å². The first-order valence-electron chi connectivity index (χ1n) is 7.94. The lowest BCUT2D eigenvalue weighted by atomic mass is 10.0. The molecular weight excluding hydrogens is 370 g/mol. The molecular formula is C19H14ClN3O2S. The molecule has 1 aromatic heterocycles. The summed E-state index contributed by atoms with van der Waals surface area (Å²) >= 11 is 7.39. The number of hydrogen-bond acceptors (Lipinski definition) is 5. The van der Waals surface area contributed by atoms with E-state index < -0.39 is 5.91 Å². The van der Waals surface area contributed by atoms with E-state index in [1.54, 1.807) is 6.07 Å². The van der Waals surface area contributed by atoms with Crippen LogP contribution in [0.15, 0.2) is 53.6 Å². The summed E-state index contributed by atoms with van der Waals surface area (Å²) in [7, 11) is 0. The lowest BCUT2D eigenvalue weighted by Gasteiger charge is -2.21. The van der Waals surface area contributed by atoms with Crippen molar-refractivity contribution in [2.24, 2.45) is 5.73 Å². The minimum atomic E-state index is -0.399. The normalized spacial score (nSPS) is 12.0. The molecule has 7 heteroatoms. The van der Waals surface area contributed by atoms with Crippen molar-refractivity contribution in [3.8, 4) is 23.0 Å². The molecule has 2 aromatic carbocycles. The second-order valence-electron chi connectivity index (χ2n) is 5.79. The molecule has 130 valence electrons. The van der Waals surface area contributed by atoms with E-state index >= 15 is 0 Å². The van der Waals surface area contributed by atoms with Gasteiger partial charge in [0.25, 0.3) is 0 Å². The maximum atomic E-state index is 11.2. The third-order valence-electron chi connectivity index (χ3n) is 3.91. The summed E-state index contributed by atoms with van der Waals surface area (Å²) in [5.74, 6) is 1.52. The number of benzene rings is 2. The van der Waals surface area contributed by atoms with Gasteiger partial charge in [0.2, 0.25) is 11.8 Å². The Morgan fingerprint density at radius 2 is 2.00 bits per heavy atom. The highest BCUT2D eigenvalue weighted by atomic mass is 35.5. The molecule has 3 aromatic rings. The van der Waals surface area contributed by atoms with Crippen molar-refractivity contribution in [1.29, 1.82) is 0 Å². The zero-order valence-electron chi connectivity index (χ0n) is 13.6. The summed E-state index contributed by atoms with van der Waals surface area (Å²) in [5, 5.41) is 1.34. The van der Waals surface area contributed by atoms with Crippen molar-refractivity contribution in [3.63, 3.8) is 0 Å². The largest absolute Gasteiger partial charge is 0.438 e. The number of thioether (sulfide) groups is 1. The molecule has 0 radical (unpaired) electrons. The predicted molar refractivity (Wildman–Crippen MR) is 102 cm³/mol. The molecule has 4 rings (SSSR count). The number of halogens is 1. The minimum absolute atomic E-state index is 0.139. The molecule has 1 aliphatic heterocycles. The van der Waals surface area contributed by atoms with Crippen LogP contribution in [-0.4, -0.2) is 21.6 Å². The van der Waals surface area contributed by atoms with Crippen molar-refractivity contribution in [2.75, 3.05) is 5.75 Å². The van der Waals surface area contributed by atoms with Gasteiger partial charge in [0.05, 0.1) is 11.3 Å². The summed E-state index contributed by atoms with van der Waals surface area (Å²) in [6.45, 7) is 0. The van der Waals surface area contributed by atoms with Crippen molar-refractivity contribution in [2.45, 2.75) is 11.4 Å². The van der Waals surface area contributed by atoms with Gasteiger partial charge in [-0.1, -0.05) is 53.7 Å². The van der Waals surface area contributed by atoms with E-state index in [9.17, 15) is 4.79 Å². The first-order chi connectivity index (χ1) is 12.6. The highest BCUT2D eigenvalue weighted by Crippen LogP contribution is 2.41. The maximum absolute atomic E-state index is 11.2. The molecule has 0 fully saturated rings. The van der Waals surface area contributed by atoms with Gasteiger partial charge in [-0.2, -0.15) is 4.98 Å². The van der Waals surface area contributed by atoms with Gasteiger partial charge in [-0.25, -0.2) is 4.98 Å². The number of hydrogen-bond donors (Lipinski definition) is 1. The van der Waals surface area contributed by atoms with Crippen LogP contribution < -0.4 is 10.5 Å². The van der Waals surface area contributed by atoms with E-state index in [0.717, 1.165) is 22.4 Å². The Labute approximate surface area is 159 Å². The van der Waals surface area contributed by atoms with Crippen LogP contribution in [0, 0.1) is 0 Å². The van der Waals surface area contributed by atoms with Crippen LogP contribution in [0.5, 0.6) is 11.6 Å². The number of ether oxygens (including phenoxy) is 1. The first-order valence-corrected chi connectivity index (χ1v) is 9.30. The van der Waals surface area contributed by atoms with Crippen molar-refractivity contribution in [1.82, 2.24) is 9.97 Å². The number of nitrogens with zero attached hydrogens (tertiary/aromatic N) is 2. The SMILES string of the molecule is NC(=O)CSc1nc(-c2ccccc2)nc2c1Cc1cc(Cl)ccc1O2. The summed E-state index contributed by atoms with van der Waals surface area (Å²) in [6.07, 6.45) is 0.585. The summed E-state index contributed by atoms with van der Waals surface area (Å²) < 4.78 is 6.00. The maximum Gasteiger partial charge on any atom is 0.227 e. The molecule has 2 N–H and O–H groups in total. The van der Waals surface area contributed by atoms with Crippen LogP contribution in [0.25, 0.3) is 11.4 Å². The highest BCUT2D eigenvalue weighted by Gasteiger charge is 2.24. The van der Waals surface area contributed by atoms with E-state index in [4.69, 9.17) is 22.1 Å². The molecule has 2 heterocycles. The molecule has 0 spiro atoms. The number of aromatic nitrogens is 2.